The average molecular weight is 428 g/mol. The van der Waals surface area contributed by atoms with Gasteiger partial charge in [0.15, 0.2) is 5.16 Å². The van der Waals surface area contributed by atoms with Crippen molar-refractivity contribution in [3.05, 3.63) is 51.2 Å². The van der Waals surface area contributed by atoms with Gasteiger partial charge in [-0.2, -0.15) is 4.98 Å². The van der Waals surface area contributed by atoms with E-state index in [0.717, 1.165) is 43.6 Å². The number of hydrogen-bond donors (Lipinski definition) is 0. The topological polar surface area (TPSA) is 86.7 Å². The molecule has 0 aromatic carbocycles. The maximum Gasteiger partial charge on any atom is 0.263 e. The summed E-state index contributed by atoms with van der Waals surface area (Å²) in [4.78, 5) is 28.1. The van der Waals surface area contributed by atoms with E-state index >= 15 is 0 Å². The van der Waals surface area contributed by atoms with Gasteiger partial charge in [0.25, 0.3) is 5.56 Å². The summed E-state index contributed by atoms with van der Waals surface area (Å²) in [5, 5.41) is 5.56. The first kappa shape index (κ1) is 19.8. The Balaban J connectivity index is 1.43. The van der Waals surface area contributed by atoms with Crippen molar-refractivity contribution in [1.82, 2.24) is 24.7 Å². The van der Waals surface area contributed by atoms with Crippen LogP contribution in [0.5, 0.6) is 0 Å². The minimum atomic E-state index is 0.0562. The van der Waals surface area contributed by atoms with Crippen molar-refractivity contribution in [2.75, 3.05) is 5.75 Å². The number of fused-ring (bicyclic) bond motifs is 1. The molecule has 0 aliphatic rings. The van der Waals surface area contributed by atoms with Gasteiger partial charge in [-0.15, -0.1) is 11.3 Å². The molecule has 0 N–H and O–H groups in total. The van der Waals surface area contributed by atoms with Gasteiger partial charge in [-0.05, 0) is 44.9 Å². The number of hydrogen-bond acceptors (Lipinski definition) is 8. The molecule has 0 fully saturated rings. The lowest BCUT2D eigenvalue weighted by Crippen LogP contribution is -2.22. The SMILES string of the molecule is CCn1c(SCCCc2nc(-c3ccncc3)no2)nc2sc(C)c(C)c2c1=O. The minimum absolute atomic E-state index is 0.0562. The molecule has 7 nitrogen and oxygen atoms in total. The second-order valence-corrected chi connectivity index (χ2v) is 8.87. The summed E-state index contributed by atoms with van der Waals surface area (Å²) in [5.74, 6) is 2.00. The molecule has 0 unspecified atom stereocenters. The molecular formula is C20H21N5O2S2. The molecule has 0 bridgehead atoms. The normalized spacial score (nSPS) is 11.4. The van der Waals surface area contributed by atoms with Crippen molar-refractivity contribution >= 4 is 33.3 Å². The Morgan fingerprint density at radius 1 is 1.21 bits per heavy atom. The molecule has 0 saturated carbocycles. The number of rotatable bonds is 7. The fourth-order valence-corrected chi connectivity index (χ4v) is 5.13. The molecule has 0 spiro atoms. The molecule has 9 heteroatoms. The number of aryl methyl sites for hydroxylation is 3. The van der Waals surface area contributed by atoms with Gasteiger partial charge in [0.05, 0.1) is 5.39 Å². The summed E-state index contributed by atoms with van der Waals surface area (Å²) in [5.41, 5.74) is 1.98. The largest absolute Gasteiger partial charge is 0.339 e. The van der Waals surface area contributed by atoms with Crippen LogP contribution in [0, 0.1) is 13.8 Å². The fraction of sp³-hybridized carbons (Fsp3) is 0.350. The third kappa shape index (κ3) is 3.97. The molecule has 150 valence electrons. The number of pyridine rings is 1. The van der Waals surface area contributed by atoms with E-state index in [2.05, 4.69) is 15.1 Å². The first-order valence-electron chi connectivity index (χ1n) is 9.44. The predicted molar refractivity (Wildman–Crippen MR) is 116 cm³/mol. The third-order valence-corrected chi connectivity index (χ3v) is 6.91. The van der Waals surface area contributed by atoms with Gasteiger partial charge in [0, 0.05) is 41.6 Å². The van der Waals surface area contributed by atoms with E-state index < -0.39 is 0 Å². The molecule has 4 heterocycles. The Morgan fingerprint density at radius 2 is 2.00 bits per heavy atom. The second-order valence-electron chi connectivity index (χ2n) is 6.61. The zero-order valence-electron chi connectivity index (χ0n) is 16.5. The van der Waals surface area contributed by atoms with E-state index in [-0.39, 0.29) is 5.56 Å². The first-order chi connectivity index (χ1) is 14.1. The number of thioether (sulfide) groups is 1. The van der Waals surface area contributed by atoms with Gasteiger partial charge in [0.2, 0.25) is 11.7 Å². The Bertz CT molecular complexity index is 1200. The van der Waals surface area contributed by atoms with Crippen LogP contribution in [0.1, 0.15) is 29.7 Å². The van der Waals surface area contributed by atoms with Gasteiger partial charge in [0.1, 0.15) is 4.83 Å². The van der Waals surface area contributed by atoms with Crippen LogP contribution in [-0.2, 0) is 13.0 Å². The molecule has 0 amide bonds. The highest BCUT2D eigenvalue weighted by Gasteiger charge is 2.16. The molecule has 4 rings (SSSR count). The standard InChI is InChI=1S/C20H21N5O2S2/c1-4-25-19(26)16-12(2)13(3)29-18(16)23-20(25)28-11-5-6-15-22-17(24-27-15)14-7-9-21-10-8-14/h7-10H,4-6,11H2,1-3H3. The van der Waals surface area contributed by atoms with Crippen molar-refractivity contribution in [2.24, 2.45) is 0 Å². The van der Waals surface area contributed by atoms with Crippen LogP contribution in [0.3, 0.4) is 0 Å². The van der Waals surface area contributed by atoms with E-state index in [4.69, 9.17) is 9.51 Å². The third-order valence-electron chi connectivity index (χ3n) is 4.74. The van der Waals surface area contributed by atoms with E-state index in [1.165, 1.54) is 0 Å². The van der Waals surface area contributed by atoms with Crippen LogP contribution in [-0.4, -0.2) is 30.4 Å². The van der Waals surface area contributed by atoms with Crippen molar-refractivity contribution in [2.45, 2.75) is 45.3 Å². The Labute approximate surface area is 176 Å². The highest BCUT2D eigenvalue weighted by atomic mass is 32.2. The molecule has 0 radical (unpaired) electrons. The summed E-state index contributed by atoms with van der Waals surface area (Å²) in [7, 11) is 0. The number of aromatic nitrogens is 5. The van der Waals surface area contributed by atoms with Crippen molar-refractivity contribution in [1.29, 1.82) is 0 Å². The van der Waals surface area contributed by atoms with Gasteiger partial charge < -0.3 is 4.52 Å². The molecule has 0 aliphatic carbocycles. The maximum absolute atomic E-state index is 12.9. The van der Waals surface area contributed by atoms with Gasteiger partial charge in [-0.1, -0.05) is 16.9 Å². The van der Waals surface area contributed by atoms with Crippen LogP contribution < -0.4 is 5.56 Å². The number of nitrogens with zero attached hydrogens (tertiary/aromatic N) is 5. The zero-order valence-corrected chi connectivity index (χ0v) is 18.1. The zero-order chi connectivity index (χ0) is 20.4. The van der Waals surface area contributed by atoms with Crippen molar-refractivity contribution in [3.8, 4) is 11.4 Å². The van der Waals surface area contributed by atoms with Gasteiger partial charge in [-0.3, -0.25) is 14.3 Å². The molecule has 4 aromatic rings. The summed E-state index contributed by atoms with van der Waals surface area (Å²) >= 11 is 3.19. The van der Waals surface area contributed by atoms with Crippen LogP contribution in [0.15, 0.2) is 39.0 Å². The van der Waals surface area contributed by atoms with Crippen LogP contribution >= 0.6 is 23.1 Å². The quantitative estimate of drug-likeness (QED) is 0.247. The van der Waals surface area contributed by atoms with E-state index in [9.17, 15) is 4.79 Å². The number of thiophene rings is 1. The maximum atomic E-state index is 12.9. The lowest BCUT2D eigenvalue weighted by molar-refractivity contribution is 0.378. The van der Waals surface area contributed by atoms with Gasteiger partial charge >= 0.3 is 0 Å². The molecular weight excluding hydrogens is 406 g/mol. The van der Waals surface area contributed by atoms with Gasteiger partial charge in [-0.25, -0.2) is 4.98 Å². The summed E-state index contributed by atoms with van der Waals surface area (Å²) in [6, 6.07) is 3.70. The van der Waals surface area contributed by atoms with Crippen LogP contribution in [0.25, 0.3) is 21.6 Å². The highest BCUT2D eigenvalue weighted by Crippen LogP contribution is 2.28. The Morgan fingerprint density at radius 3 is 2.76 bits per heavy atom. The predicted octanol–water partition coefficient (Wildman–Crippen LogP) is 4.26. The van der Waals surface area contributed by atoms with Crippen LogP contribution in [0.2, 0.25) is 0 Å². The average Bonchev–Trinajstić information content (AvgIpc) is 3.31. The lowest BCUT2D eigenvalue weighted by atomic mass is 10.2. The molecule has 29 heavy (non-hydrogen) atoms. The van der Waals surface area contributed by atoms with Crippen molar-refractivity contribution in [3.63, 3.8) is 0 Å². The lowest BCUT2D eigenvalue weighted by Gasteiger charge is -2.09. The Kier molecular flexibility index (Phi) is 5.77. The van der Waals surface area contributed by atoms with Crippen molar-refractivity contribution < 1.29 is 4.52 Å². The minimum Gasteiger partial charge on any atom is -0.339 e. The smallest absolute Gasteiger partial charge is 0.263 e. The second kappa shape index (κ2) is 8.46. The molecule has 0 saturated heterocycles. The molecule has 4 aromatic heterocycles. The first-order valence-corrected chi connectivity index (χ1v) is 11.2. The summed E-state index contributed by atoms with van der Waals surface area (Å²) in [6.07, 6.45) is 4.94. The van der Waals surface area contributed by atoms with E-state index in [1.54, 1.807) is 40.1 Å². The monoisotopic (exact) mass is 427 g/mol. The van der Waals surface area contributed by atoms with E-state index in [1.807, 2.05) is 32.9 Å². The summed E-state index contributed by atoms with van der Waals surface area (Å²) in [6.45, 7) is 6.62. The fourth-order valence-electron chi connectivity index (χ4n) is 3.06. The van der Waals surface area contributed by atoms with Crippen LogP contribution in [0.4, 0.5) is 0 Å². The molecule has 0 aliphatic heterocycles. The Hall–Kier alpha value is -2.52. The summed E-state index contributed by atoms with van der Waals surface area (Å²) < 4.78 is 7.11. The van der Waals surface area contributed by atoms with E-state index in [0.29, 0.717) is 24.7 Å². The molecule has 0 atom stereocenters. The highest BCUT2D eigenvalue weighted by molar-refractivity contribution is 7.99.